The minimum absolute atomic E-state index is 0. The van der Waals surface area contributed by atoms with Gasteiger partial charge in [0, 0.05) is 0 Å². The van der Waals surface area contributed by atoms with Gasteiger partial charge < -0.3 is 56.9 Å². The van der Waals surface area contributed by atoms with Crippen LogP contribution in [0.2, 0.25) is 0 Å². The van der Waals surface area contributed by atoms with Crippen LogP contribution in [-0.2, 0) is 4.79 Å². The van der Waals surface area contributed by atoms with E-state index in [-0.39, 0.29) is 18.9 Å². The van der Waals surface area contributed by atoms with E-state index in [0.29, 0.717) is 0 Å². The van der Waals surface area contributed by atoms with E-state index < -0.39 is 33.9 Å². The van der Waals surface area contributed by atoms with Crippen LogP contribution in [0, 0.1) is 0 Å². The van der Waals surface area contributed by atoms with E-state index in [1.165, 1.54) is 0 Å². The molecule has 140 valence electrons. The monoisotopic (exact) mass is 383 g/mol. The first-order valence-electron chi connectivity index (χ1n) is 3.86. The fourth-order valence-corrected chi connectivity index (χ4v) is 0. The number of carboxylic acid groups (broad SMARTS) is 1. The van der Waals surface area contributed by atoms with Gasteiger partial charge in [0.05, 0.1) is 0 Å². The summed E-state index contributed by atoms with van der Waals surface area (Å²) in [6, 6.07) is 0. The van der Waals surface area contributed by atoms with Crippen molar-refractivity contribution in [2.75, 3.05) is 0 Å². The summed E-state index contributed by atoms with van der Waals surface area (Å²) in [5.41, 5.74) is 0. The van der Waals surface area contributed by atoms with Crippen molar-refractivity contribution in [1.29, 1.82) is 0 Å². The summed E-state index contributed by atoms with van der Waals surface area (Å²) >= 11 is 0. The Labute approximate surface area is 128 Å². The van der Waals surface area contributed by atoms with Crippen LogP contribution in [-0.4, -0.2) is 57.9 Å². The van der Waals surface area contributed by atoms with E-state index in [9.17, 15) is 65.0 Å². The quantitative estimate of drug-likeness (QED) is 0.510. The van der Waals surface area contributed by atoms with Gasteiger partial charge in [-0.3, -0.25) is 0 Å². The number of halogens is 15. The topological polar surface area (TPSA) is 37.3 Å². The van der Waals surface area contributed by atoms with Crippen LogP contribution in [0.4, 0.5) is 65.0 Å². The number of aliphatic carboxylic acids is 1. The Balaban J connectivity index is -0.0000000625. The van der Waals surface area contributed by atoms with E-state index in [2.05, 4.69) is 0 Å². The van der Waals surface area contributed by atoms with Gasteiger partial charge in [0.2, 0.25) is 0 Å². The Morgan fingerprint density at radius 1 is 0.609 bits per heavy atom. The molecule has 0 radical (unpaired) electrons. The second-order valence-corrected chi connectivity index (χ2v) is 2.29. The van der Waals surface area contributed by atoms with Crippen molar-refractivity contribution in [2.45, 2.75) is 6.18 Å². The molecule has 21 heteroatoms. The Bertz CT molecular complexity index is 243. The first kappa shape index (κ1) is 33.7. The molecule has 0 spiro atoms. The minimum atomic E-state index is -6.00. The number of carbonyl (C=O) groups is 1. The molecule has 2 nitrogen and oxygen atoms in total. The maximum absolute atomic E-state index is 10.6. The summed E-state index contributed by atoms with van der Waals surface area (Å²) in [6.45, 7) is 0. The number of hydrogen-bond donors (Lipinski definition) is 1. The molecule has 23 heavy (non-hydrogen) atoms. The van der Waals surface area contributed by atoms with Crippen molar-refractivity contribution < 1.29 is 74.9 Å². The van der Waals surface area contributed by atoms with Crippen LogP contribution >= 0.6 is 0 Å². The second kappa shape index (κ2) is 12.6. The average Bonchev–Trinajstić information content (AvgIpc) is 1.89. The first-order chi connectivity index (χ1) is 8.94. The van der Waals surface area contributed by atoms with Crippen molar-refractivity contribution >= 4 is 46.6 Å². The molecule has 0 amide bonds. The van der Waals surface area contributed by atoms with Gasteiger partial charge in [-0.1, -0.05) is 0 Å². The van der Waals surface area contributed by atoms with Gasteiger partial charge in [-0.2, -0.15) is 13.2 Å². The van der Waals surface area contributed by atoms with Crippen molar-refractivity contribution in [3.05, 3.63) is 0 Å². The SMILES string of the molecule is F[B-](F)(F)F.F[B-](F)(F)F.F[B-](F)(F)F.O=C(O)C(F)(F)F.[LiH]. The first-order valence-corrected chi connectivity index (χ1v) is 3.86. The van der Waals surface area contributed by atoms with Crippen LogP contribution in [0.5, 0.6) is 0 Å². The third kappa shape index (κ3) is 288. The average molecular weight is 382 g/mol. The summed E-state index contributed by atoms with van der Waals surface area (Å²) in [5.74, 6) is -2.76. The molecule has 0 heterocycles. The molecule has 0 aromatic carbocycles. The van der Waals surface area contributed by atoms with E-state index in [1.54, 1.807) is 0 Å². The predicted molar refractivity (Wildman–Crippen MR) is 51.4 cm³/mol. The zero-order valence-corrected chi connectivity index (χ0v) is 9.26. The third-order valence-electron chi connectivity index (χ3n) is 0.243. The van der Waals surface area contributed by atoms with E-state index in [1.807, 2.05) is 0 Å². The van der Waals surface area contributed by atoms with Crippen LogP contribution in [0.3, 0.4) is 0 Å². The molecule has 0 bridgehead atoms. The molecule has 0 aliphatic rings. The Kier molecular flexibility index (Phi) is 18.5. The van der Waals surface area contributed by atoms with Gasteiger partial charge in [-0.15, -0.1) is 0 Å². The van der Waals surface area contributed by atoms with Crippen LogP contribution in [0.25, 0.3) is 0 Å². The molecule has 0 aliphatic carbocycles. The molecular formula is C2H2B3F15LiO2-3. The normalized spacial score (nSPS) is 11.3. The molecule has 0 aromatic rings. The van der Waals surface area contributed by atoms with Crippen LogP contribution in [0.15, 0.2) is 0 Å². The zero-order valence-electron chi connectivity index (χ0n) is 9.26. The predicted octanol–water partition coefficient (Wildman–Crippen LogP) is 3.88. The molecule has 0 unspecified atom stereocenters. The zero-order chi connectivity index (χ0) is 19.6. The van der Waals surface area contributed by atoms with E-state index in [4.69, 9.17) is 9.90 Å². The van der Waals surface area contributed by atoms with E-state index in [0.717, 1.165) is 0 Å². The van der Waals surface area contributed by atoms with Crippen molar-refractivity contribution in [3.63, 3.8) is 0 Å². The standard InChI is InChI=1S/C2HF3O2.3BF4.Li.H/c3-2(4,5)1(6)7;3*2-1(3,4)5;;/h(H,6,7);;;;;/q;3*-1;;. The van der Waals surface area contributed by atoms with Crippen LogP contribution < -0.4 is 0 Å². The van der Waals surface area contributed by atoms with Gasteiger partial charge in [0.25, 0.3) is 0 Å². The number of rotatable bonds is 0. The maximum atomic E-state index is 10.6. The molecular weight excluding hydrogens is 380 g/mol. The van der Waals surface area contributed by atoms with Crippen molar-refractivity contribution in [1.82, 2.24) is 0 Å². The molecule has 0 rings (SSSR count). The number of carboxylic acids is 1. The van der Waals surface area contributed by atoms with E-state index >= 15 is 0 Å². The summed E-state index contributed by atoms with van der Waals surface area (Å²) in [6.07, 6.45) is -5.08. The van der Waals surface area contributed by atoms with Gasteiger partial charge in [-0.25, -0.2) is 4.79 Å². The molecule has 0 aromatic heterocycles. The third-order valence-corrected chi connectivity index (χ3v) is 0.243. The second-order valence-electron chi connectivity index (χ2n) is 2.29. The molecule has 0 aliphatic heterocycles. The fourth-order valence-electron chi connectivity index (χ4n) is 0. The Morgan fingerprint density at radius 2 is 0.652 bits per heavy atom. The van der Waals surface area contributed by atoms with Gasteiger partial charge in [-0.05, 0) is 0 Å². The molecule has 1 N–H and O–H groups in total. The van der Waals surface area contributed by atoms with Gasteiger partial charge >= 0.3 is 52.8 Å². The van der Waals surface area contributed by atoms with Crippen molar-refractivity contribution in [3.8, 4) is 0 Å². The fraction of sp³-hybridized carbons (Fsp3) is 0.500. The van der Waals surface area contributed by atoms with Crippen molar-refractivity contribution in [2.24, 2.45) is 0 Å². The van der Waals surface area contributed by atoms with Gasteiger partial charge in [0.15, 0.2) is 0 Å². The Morgan fingerprint density at radius 3 is 0.652 bits per heavy atom. The number of hydrogen-bond acceptors (Lipinski definition) is 1. The summed E-state index contributed by atoms with van der Waals surface area (Å²) in [5, 5.41) is 7.12. The molecule has 0 saturated heterocycles. The summed E-state index contributed by atoms with van der Waals surface area (Å²) in [7, 11) is -18.0. The summed E-state index contributed by atoms with van der Waals surface area (Å²) in [4.78, 5) is 8.90. The number of alkyl halides is 3. The molecule has 0 saturated carbocycles. The Hall–Kier alpha value is -0.788. The van der Waals surface area contributed by atoms with Crippen LogP contribution in [0.1, 0.15) is 0 Å². The van der Waals surface area contributed by atoms with Gasteiger partial charge in [0.1, 0.15) is 0 Å². The molecule has 0 atom stereocenters. The molecule has 0 fully saturated rings. The summed E-state index contributed by atoms with van der Waals surface area (Å²) < 4.78 is 149.